The molecule has 3 aromatic heterocycles. The number of aliphatic hydroxyl groups excluding tert-OH is 2. The molecule has 0 aromatic carbocycles. The first-order chi connectivity index (χ1) is 9.28. The SMILES string of the molecule is OCC(O)c1ccc(-c2nc3ncccc3[nH]2)nc1. The molecule has 0 bridgehead atoms. The van der Waals surface area contributed by atoms with E-state index in [1.807, 2.05) is 12.1 Å². The van der Waals surface area contributed by atoms with Crippen molar-refractivity contribution in [1.82, 2.24) is 19.9 Å². The number of imidazole rings is 1. The second kappa shape index (κ2) is 4.75. The molecule has 6 heteroatoms. The maximum Gasteiger partial charge on any atom is 0.178 e. The third-order valence-corrected chi connectivity index (χ3v) is 2.84. The van der Waals surface area contributed by atoms with Crippen LogP contribution in [0.3, 0.4) is 0 Å². The molecule has 0 saturated carbocycles. The minimum absolute atomic E-state index is 0.324. The van der Waals surface area contributed by atoms with E-state index < -0.39 is 6.10 Å². The Morgan fingerprint density at radius 3 is 2.79 bits per heavy atom. The van der Waals surface area contributed by atoms with Crippen LogP contribution in [0.2, 0.25) is 0 Å². The van der Waals surface area contributed by atoms with Crippen molar-refractivity contribution in [2.45, 2.75) is 6.10 Å². The predicted molar refractivity (Wildman–Crippen MR) is 69.2 cm³/mol. The molecule has 0 radical (unpaired) electrons. The lowest BCUT2D eigenvalue weighted by Gasteiger charge is -2.06. The Bertz CT molecular complexity index is 660. The van der Waals surface area contributed by atoms with Gasteiger partial charge in [-0.1, -0.05) is 6.07 Å². The van der Waals surface area contributed by atoms with Crippen LogP contribution in [0.1, 0.15) is 11.7 Å². The van der Waals surface area contributed by atoms with E-state index in [0.717, 1.165) is 5.52 Å². The van der Waals surface area contributed by atoms with Crippen LogP contribution in [0.15, 0.2) is 36.7 Å². The van der Waals surface area contributed by atoms with Gasteiger partial charge in [-0.2, -0.15) is 0 Å². The Morgan fingerprint density at radius 1 is 1.21 bits per heavy atom. The lowest BCUT2D eigenvalue weighted by Crippen LogP contribution is -2.02. The van der Waals surface area contributed by atoms with Gasteiger partial charge in [0.05, 0.1) is 12.1 Å². The molecule has 3 aromatic rings. The van der Waals surface area contributed by atoms with Crippen LogP contribution in [0.5, 0.6) is 0 Å². The molecule has 1 unspecified atom stereocenters. The summed E-state index contributed by atoms with van der Waals surface area (Å²) in [6.45, 7) is -0.324. The van der Waals surface area contributed by atoms with Crippen molar-refractivity contribution < 1.29 is 10.2 Å². The number of hydrogen-bond acceptors (Lipinski definition) is 5. The van der Waals surface area contributed by atoms with Crippen LogP contribution in [-0.2, 0) is 0 Å². The van der Waals surface area contributed by atoms with Crippen molar-refractivity contribution in [2.75, 3.05) is 6.61 Å². The van der Waals surface area contributed by atoms with Crippen LogP contribution >= 0.6 is 0 Å². The van der Waals surface area contributed by atoms with Gasteiger partial charge in [0, 0.05) is 18.0 Å². The second-order valence-corrected chi connectivity index (χ2v) is 4.14. The van der Waals surface area contributed by atoms with E-state index in [0.29, 0.717) is 22.7 Å². The minimum Gasteiger partial charge on any atom is -0.393 e. The normalized spacial score (nSPS) is 12.7. The number of nitrogens with zero attached hydrogens (tertiary/aromatic N) is 3. The Hall–Kier alpha value is -2.31. The molecule has 3 rings (SSSR count). The van der Waals surface area contributed by atoms with Gasteiger partial charge in [-0.05, 0) is 18.2 Å². The van der Waals surface area contributed by atoms with Crippen LogP contribution in [0.4, 0.5) is 0 Å². The smallest absolute Gasteiger partial charge is 0.178 e. The maximum atomic E-state index is 9.48. The fourth-order valence-corrected chi connectivity index (χ4v) is 1.81. The van der Waals surface area contributed by atoms with E-state index in [1.54, 1.807) is 18.3 Å². The number of aromatic amines is 1. The molecule has 19 heavy (non-hydrogen) atoms. The standard InChI is InChI=1S/C13H12N4O2/c18-7-11(19)8-3-4-9(15-6-8)13-16-10-2-1-5-14-12(10)17-13/h1-6,11,18-19H,7H2,(H,14,16,17). The van der Waals surface area contributed by atoms with Crippen LogP contribution in [0, 0.1) is 0 Å². The predicted octanol–water partition coefficient (Wildman–Crippen LogP) is 1.05. The van der Waals surface area contributed by atoms with E-state index in [2.05, 4.69) is 19.9 Å². The summed E-state index contributed by atoms with van der Waals surface area (Å²) in [4.78, 5) is 15.8. The number of aromatic nitrogens is 4. The van der Waals surface area contributed by atoms with Crippen LogP contribution in [0.25, 0.3) is 22.7 Å². The Labute approximate surface area is 108 Å². The molecular weight excluding hydrogens is 244 g/mol. The van der Waals surface area contributed by atoms with E-state index in [4.69, 9.17) is 5.11 Å². The van der Waals surface area contributed by atoms with Gasteiger partial charge in [0.1, 0.15) is 11.8 Å². The molecule has 0 spiro atoms. The van der Waals surface area contributed by atoms with Gasteiger partial charge in [0.2, 0.25) is 0 Å². The summed E-state index contributed by atoms with van der Waals surface area (Å²) in [7, 11) is 0. The van der Waals surface area contributed by atoms with Crippen molar-refractivity contribution in [3.63, 3.8) is 0 Å². The Morgan fingerprint density at radius 2 is 2.11 bits per heavy atom. The molecule has 3 N–H and O–H groups in total. The Kier molecular flexibility index (Phi) is 2.94. The summed E-state index contributed by atoms with van der Waals surface area (Å²) in [5.74, 6) is 0.624. The zero-order valence-electron chi connectivity index (χ0n) is 9.98. The lowest BCUT2D eigenvalue weighted by molar-refractivity contribution is 0.0953. The number of hydrogen-bond donors (Lipinski definition) is 3. The first-order valence-corrected chi connectivity index (χ1v) is 5.84. The summed E-state index contributed by atoms with van der Waals surface area (Å²) < 4.78 is 0. The molecular formula is C13H12N4O2. The highest BCUT2D eigenvalue weighted by molar-refractivity contribution is 5.74. The van der Waals surface area contributed by atoms with Crippen molar-refractivity contribution in [2.24, 2.45) is 0 Å². The maximum absolute atomic E-state index is 9.48. The fraction of sp³-hybridized carbons (Fsp3) is 0.154. The average molecular weight is 256 g/mol. The minimum atomic E-state index is -0.904. The third kappa shape index (κ3) is 2.18. The van der Waals surface area contributed by atoms with Gasteiger partial charge < -0.3 is 15.2 Å². The highest BCUT2D eigenvalue weighted by atomic mass is 16.3. The van der Waals surface area contributed by atoms with Crippen molar-refractivity contribution in [3.8, 4) is 11.5 Å². The van der Waals surface area contributed by atoms with Gasteiger partial charge in [-0.15, -0.1) is 0 Å². The number of fused-ring (bicyclic) bond motifs is 1. The monoisotopic (exact) mass is 256 g/mol. The molecule has 0 fully saturated rings. The molecule has 0 aliphatic heterocycles. The zero-order chi connectivity index (χ0) is 13.2. The molecule has 1 atom stereocenters. The molecule has 3 heterocycles. The van der Waals surface area contributed by atoms with Gasteiger partial charge in [0.25, 0.3) is 0 Å². The van der Waals surface area contributed by atoms with Crippen molar-refractivity contribution in [3.05, 3.63) is 42.2 Å². The topological polar surface area (TPSA) is 94.9 Å². The molecule has 6 nitrogen and oxygen atoms in total. The van der Waals surface area contributed by atoms with E-state index in [9.17, 15) is 5.11 Å². The summed E-state index contributed by atoms with van der Waals surface area (Å²) >= 11 is 0. The second-order valence-electron chi connectivity index (χ2n) is 4.14. The van der Waals surface area contributed by atoms with E-state index in [1.165, 1.54) is 6.20 Å². The first kappa shape index (κ1) is 11.8. The summed E-state index contributed by atoms with van der Waals surface area (Å²) in [6.07, 6.45) is 2.30. The molecule has 0 aliphatic carbocycles. The summed E-state index contributed by atoms with van der Waals surface area (Å²) in [5.41, 5.74) is 2.71. The largest absolute Gasteiger partial charge is 0.393 e. The van der Waals surface area contributed by atoms with Crippen LogP contribution < -0.4 is 0 Å². The Balaban J connectivity index is 1.97. The summed E-state index contributed by atoms with van der Waals surface area (Å²) in [5, 5.41) is 18.3. The average Bonchev–Trinajstić information content (AvgIpc) is 2.90. The number of aliphatic hydroxyl groups is 2. The molecule has 0 aliphatic rings. The van der Waals surface area contributed by atoms with Crippen molar-refractivity contribution >= 4 is 11.2 Å². The number of pyridine rings is 2. The fourth-order valence-electron chi connectivity index (χ4n) is 1.81. The highest BCUT2D eigenvalue weighted by Gasteiger charge is 2.09. The van der Waals surface area contributed by atoms with Crippen LogP contribution in [-0.4, -0.2) is 36.8 Å². The number of rotatable bonds is 3. The third-order valence-electron chi connectivity index (χ3n) is 2.84. The van der Waals surface area contributed by atoms with Gasteiger partial charge in [-0.25, -0.2) is 9.97 Å². The van der Waals surface area contributed by atoms with Gasteiger partial charge in [-0.3, -0.25) is 4.98 Å². The van der Waals surface area contributed by atoms with Gasteiger partial charge >= 0.3 is 0 Å². The number of nitrogens with one attached hydrogen (secondary N) is 1. The van der Waals surface area contributed by atoms with Crippen molar-refractivity contribution in [1.29, 1.82) is 0 Å². The highest BCUT2D eigenvalue weighted by Crippen LogP contribution is 2.19. The summed E-state index contributed by atoms with van der Waals surface area (Å²) in [6, 6.07) is 7.18. The van der Waals surface area contributed by atoms with E-state index in [-0.39, 0.29) is 6.61 Å². The quantitative estimate of drug-likeness (QED) is 0.651. The van der Waals surface area contributed by atoms with Gasteiger partial charge in [0.15, 0.2) is 11.5 Å². The van der Waals surface area contributed by atoms with E-state index >= 15 is 0 Å². The first-order valence-electron chi connectivity index (χ1n) is 5.84. The number of H-pyrrole nitrogens is 1. The lowest BCUT2D eigenvalue weighted by atomic mass is 10.1. The molecule has 0 saturated heterocycles. The molecule has 0 amide bonds. The zero-order valence-corrected chi connectivity index (χ0v) is 9.98. The molecule has 96 valence electrons.